The summed E-state index contributed by atoms with van der Waals surface area (Å²) in [5, 5.41) is 3.54. The van der Waals surface area contributed by atoms with Gasteiger partial charge in [0.05, 0.1) is 5.00 Å². The predicted octanol–water partition coefficient (Wildman–Crippen LogP) is 1.25. The van der Waals surface area contributed by atoms with Crippen LogP contribution in [0.15, 0.2) is 17.5 Å². The Morgan fingerprint density at radius 2 is 2.00 bits per heavy atom. The minimum atomic E-state index is 0. The molecule has 2 rings (SSSR count). The van der Waals surface area contributed by atoms with E-state index in [-0.39, 0.29) is 12.4 Å². The van der Waals surface area contributed by atoms with Crippen LogP contribution in [-0.4, -0.2) is 44.2 Å². The van der Waals surface area contributed by atoms with Gasteiger partial charge in [-0.3, -0.25) is 4.90 Å². The Morgan fingerprint density at radius 1 is 1.27 bits per heavy atom. The van der Waals surface area contributed by atoms with Gasteiger partial charge in [0.15, 0.2) is 0 Å². The molecule has 15 heavy (non-hydrogen) atoms. The lowest BCUT2D eigenvalue weighted by atomic mass is 10.3. The molecule has 86 valence electrons. The van der Waals surface area contributed by atoms with E-state index in [2.05, 4.69) is 27.3 Å². The molecule has 0 radical (unpaired) electrons. The van der Waals surface area contributed by atoms with Crippen molar-refractivity contribution in [2.45, 2.75) is 0 Å². The zero-order chi connectivity index (χ0) is 9.80. The molecule has 1 aliphatic rings. The molecule has 0 aliphatic carbocycles. The molecule has 1 aromatic heterocycles. The number of hydrogen-bond donors (Lipinski definition) is 1. The number of rotatable bonds is 3. The lowest BCUT2D eigenvalue weighted by Crippen LogP contribution is -2.47. The van der Waals surface area contributed by atoms with Crippen molar-refractivity contribution < 1.29 is 0 Å². The highest BCUT2D eigenvalue weighted by molar-refractivity contribution is 7.14. The molecule has 5 heteroatoms. The largest absolute Gasteiger partial charge is 0.361 e. The van der Waals surface area contributed by atoms with Crippen molar-refractivity contribution in [1.29, 1.82) is 0 Å². The first-order valence-corrected chi connectivity index (χ1v) is 5.99. The van der Waals surface area contributed by atoms with E-state index in [1.54, 1.807) is 0 Å². The standard InChI is InChI=1S/C10H17N3S.ClH/c11-3-4-12-5-7-13(8-6-12)10-2-1-9-14-10;/h1-2,9H,3-8,11H2;1H. The summed E-state index contributed by atoms with van der Waals surface area (Å²) in [4.78, 5) is 4.89. The molecule has 1 aromatic rings. The smallest absolute Gasteiger partial charge is 0.0909 e. The normalized spacial score (nSPS) is 17.5. The molecule has 0 atom stereocenters. The summed E-state index contributed by atoms with van der Waals surface area (Å²) in [6, 6.07) is 4.31. The highest BCUT2D eigenvalue weighted by atomic mass is 35.5. The lowest BCUT2D eigenvalue weighted by molar-refractivity contribution is 0.265. The number of thiophene rings is 1. The molecule has 3 nitrogen and oxygen atoms in total. The number of piperazine rings is 1. The quantitative estimate of drug-likeness (QED) is 0.873. The number of nitrogens with zero attached hydrogens (tertiary/aromatic N) is 2. The van der Waals surface area contributed by atoms with E-state index in [1.807, 2.05) is 11.3 Å². The van der Waals surface area contributed by atoms with Gasteiger partial charge in [0.2, 0.25) is 0 Å². The fraction of sp³-hybridized carbons (Fsp3) is 0.600. The fourth-order valence-corrected chi connectivity index (χ4v) is 2.61. The van der Waals surface area contributed by atoms with Gasteiger partial charge in [-0.1, -0.05) is 0 Å². The van der Waals surface area contributed by atoms with Gasteiger partial charge < -0.3 is 10.6 Å². The van der Waals surface area contributed by atoms with Gasteiger partial charge >= 0.3 is 0 Å². The Hall–Kier alpha value is -0.290. The summed E-state index contributed by atoms with van der Waals surface area (Å²) in [6.45, 7) is 6.39. The summed E-state index contributed by atoms with van der Waals surface area (Å²) < 4.78 is 0. The Bertz CT molecular complexity index is 258. The van der Waals surface area contributed by atoms with Crippen LogP contribution in [0.4, 0.5) is 5.00 Å². The maximum atomic E-state index is 5.54. The summed E-state index contributed by atoms with van der Waals surface area (Å²) >= 11 is 1.83. The average molecular weight is 248 g/mol. The van der Waals surface area contributed by atoms with Crippen molar-refractivity contribution in [2.24, 2.45) is 5.73 Å². The molecular formula is C10H18ClN3S. The van der Waals surface area contributed by atoms with Gasteiger partial charge in [0, 0.05) is 39.3 Å². The summed E-state index contributed by atoms with van der Waals surface area (Å²) in [5.41, 5.74) is 5.54. The topological polar surface area (TPSA) is 32.5 Å². The molecule has 0 unspecified atom stereocenters. The maximum absolute atomic E-state index is 5.54. The Morgan fingerprint density at radius 3 is 2.53 bits per heavy atom. The number of hydrogen-bond acceptors (Lipinski definition) is 4. The van der Waals surface area contributed by atoms with Crippen molar-refractivity contribution in [3.05, 3.63) is 17.5 Å². The molecule has 1 saturated heterocycles. The molecule has 1 fully saturated rings. The zero-order valence-electron chi connectivity index (χ0n) is 8.76. The third-order valence-electron chi connectivity index (χ3n) is 2.64. The second-order valence-electron chi connectivity index (χ2n) is 3.57. The van der Waals surface area contributed by atoms with Crippen LogP contribution in [-0.2, 0) is 0 Å². The van der Waals surface area contributed by atoms with Crippen LogP contribution in [0.5, 0.6) is 0 Å². The van der Waals surface area contributed by atoms with E-state index in [9.17, 15) is 0 Å². The number of nitrogens with two attached hydrogens (primary N) is 1. The van der Waals surface area contributed by atoms with Gasteiger partial charge in [-0.25, -0.2) is 0 Å². The third kappa shape index (κ3) is 3.34. The number of halogens is 1. The SMILES string of the molecule is Cl.NCCN1CCN(c2cccs2)CC1. The first kappa shape index (κ1) is 12.8. The van der Waals surface area contributed by atoms with Crippen molar-refractivity contribution in [3.63, 3.8) is 0 Å². The van der Waals surface area contributed by atoms with E-state index >= 15 is 0 Å². The van der Waals surface area contributed by atoms with E-state index in [0.29, 0.717) is 0 Å². The van der Waals surface area contributed by atoms with Gasteiger partial charge in [-0.05, 0) is 17.5 Å². The maximum Gasteiger partial charge on any atom is 0.0909 e. The second-order valence-corrected chi connectivity index (χ2v) is 4.49. The average Bonchev–Trinajstić information content (AvgIpc) is 2.72. The fourth-order valence-electron chi connectivity index (χ4n) is 1.82. The van der Waals surface area contributed by atoms with Crippen LogP contribution in [0.1, 0.15) is 0 Å². The van der Waals surface area contributed by atoms with Crippen molar-refractivity contribution >= 4 is 28.7 Å². The molecule has 0 amide bonds. The third-order valence-corrected chi connectivity index (χ3v) is 3.56. The van der Waals surface area contributed by atoms with Crippen LogP contribution in [0.2, 0.25) is 0 Å². The number of anilines is 1. The minimum Gasteiger partial charge on any atom is -0.361 e. The summed E-state index contributed by atoms with van der Waals surface area (Å²) in [7, 11) is 0. The first-order valence-electron chi connectivity index (χ1n) is 5.11. The van der Waals surface area contributed by atoms with Crippen LogP contribution in [0.25, 0.3) is 0 Å². The minimum absolute atomic E-state index is 0. The van der Waals surface area contributed by atoms with Gasteiger partial charge in [-0.15, -0.1) is 23.7 Å². The predicted molar refractivity (Wildman–Crippen MR) is 69.3 cm³/mol. The molecule has 0 aromatic carbocycles. The van der Waals surface area contributed by atoms with Crippen molar-refractivity contribution in [2.75, 3.05) is 44.2 Å². The van der Waals surface area contributed by atoms with Gasteiger partial charge in [0.1, 0.15) is 0 Å². The monoisotopic (exact) mass is 247 g/mol. The molecule has 0 saturated carbocycles. The van der Waals surface area contributed by atoms with Crippen LogP contribution in [0.3, 0.4) is 0 Å². The summed E-state index contributed by atoms with van der Waals surface area (Å²) in [6.07, 6.45) is 0. The van der Waals surface area contributed by atoms with E-state index in [1.165, 1.54) is 5.00 Å². The molecule has 0 spiro atoms. The Labute approximate surface area is 101 Å². The first-order chi connectivity index (χ1) is 6.90. The molecule has 2 heterocycles. The summed E-state index contributed by atoms with van der Waals surface area (Å²) in [5.74, 6) is 0. The van der Waals surface area contributed by atoms with E-state index in [4.69, 9.17) is 5.73 Å². The van der Waals surface area contributed by atoms with Gasteiger partial charge in [0.25, 0.3) is 0 Å². The van der Waals surface area contributed by atoms with E-state index < -0.39 is 0 Å². The van der Waals surface area contributed by atoms with Crippen molar-refractivity contribution in [1.82, 2.24) is 4.90 Å². The molecular weight excluding hydrogens is 230 g/mol. The molecule has 0 bridgehead atoms. The van der Waals surface area contributed by atoms with Crippen LogP contribution in [0, 0.1) is 0 Å². The Kier molecular flexibility index (Phi) is 5.39. The molecule has 1 aliphatic heterocycles. The second kappa shape index (κ2) is 6.33. The van der Waals surface area contributed by atoms with Crippen molar-refractivity contribution in [3.8, 4) is 0 Å². The van der Waals surface area contributed by atoms with Gasteiger partial charge in [-0.2, -0.15) is 0 Å². The van der Waals surface area contributed by atoms with Crippen LogP contribution < -0.4 is 10.6 Å². The van der Waals surface area contributed by atoms with E-state index in [0.717, 1.165) is 39.3 Å². The highest BCUT2D eigenvalue weighted by Crippen LogP contribution is 2.22. The molecule has 2 N–H and O–H groups in total. The lowest BCUT2D eigenvalue weighted by Gasteiger charge is -2.34. The highest BCUT2D eigenvalue weighted by Gasteiger charge is 2.16. The Balaban J connectivity index is 0.00000112. The van der Waals surface area contributed by atoms with Crippen LogP contribution >= 0.6 is 23.7 Å². The zero-order valence-corrected chi connectivity index (χ0v) is 10.4.